The minimum Gasteiger partial charge on any atom is -0.379 e. The highest BCUT2D eigenvalue weighted by molar-refractivity contribution is 6.34. The van der Waals surface area contributed by atoms with E-state index in [4.69, 9.17) is 16.3 Å². The highest BCUT2D eigenvalue weighted by atomic mass is 35.5. The van der Waals surface area contributed by atoms with Crippen molar-refractivity contribution in [2.45, 2.75) is 6.54 Å². The molecular formula is C18H18ClFN2O2. The molecule has 2 aromatic carbocycles. The van der Waals surface area contributed by atoms with Gasteiger partial charge in [0.1, 0.15) is 5.82 Å². The lowest BCUT2D eigenvalue weighted by Gasteiger charge is -2.26. The van der Waals surface area contributed by atoms with Crippen LogP contribution in [0.25, 0.3) is 0 Å². The van der Waals surface area contributed by atoms with Gasteiger partial charge in [-0.15, -0.1) is 0 Å². The van der Waals surface area contributed by atoms with Crippen LogP contribution in [0.1, 0.15) is 15.9 Å². The van der Waals surface area contributed by atoms with Crippen LogP contribution >= 0.6 is 11.6 Å². The normalized spacial score (nSPS) is 15.2. The smallest absolute Gasteiger partial charge is 0.257 e. The molecule has 1 N–H and O–H groups in total. The average molecular weight is 349 g/mol. The van der Waals surface area contributed by atoms with Gasteiger partial charge in [-0.05, 0) is 35.9 Å². The first-order chi connectivity index (χ1) is 11.6. The number of hydrogen-bond donors (Lipinski definition) is 1. The second-order valence-electron chi connectivity index (χ2n) is 5.66. The SMILES string of the molecule is O=C(Nc1ccc(CN2CCOCC2)cc1)c1ccc(F)cc1Cl. The van der Waals surface area contributed by atoms with E-state index in [0.717, 1.165) is 38.9 Å². The third-order valence-corrected chi connectivity index (χ3v) is 4.21. The molecule has 0 spiro atoms. The first-order valence-electron chi connectivity index (χ1n) is 7.77. The molecule has 1 amide bonds. The Hall–Kier alpha value is -1.95. The zero-order valence-corrected chi connectivity index (χ0v) is 13.9. The van der Waals surface area contributed by atoms with E-state index in [-0.39, 0.29) is 16.5 Å². The van der Waals surface area contributed by atoms with Crippen LogP contribution in [0.4, 0.5) is 10.1 Å². The highest BCUT2D eigenvalue weighted by Crippen LogP contribution is 2.19. The summed E-state index contributed by atoms with van der Waals surface area (Å²) in [7, 11) is 0. The number of carbonyl (C=O) groups excluding carboxylic acids is 1. The standard InChI is InChI=1S/C18H18ClFN2O2/c19-17-11-14(20)3-6-16(17)18(23)21-15-4-1-13(2-5-15)12-22-7-9-24-10-8-22/h1-6,11H,7-10,12H2,(H,21,23). The molecule has 1 aliphatic heterocycles. The van der Waals surface area contributed by atoms with Gasteiger partial charge in [0.05, 0.1) is 23.8 Å². The van der Waals surface area contributed by atoms with E-state index in [9.17, 15) is 9.18 Å². The number of amides is 1. The third-order valence-electron chi connectivity index (χ3n) is 3.90. The Morgan fingerprint density at radius 2 is 1.88 bits per heavy atom. The number of nitrogens with one attached hydrogen (secondary N) is 1. The molecule has 4 nitrogen and oxygen atoms in total. The number of anilines is 1. The molecule has 1 fully saturated rings. The van der Waals surface area contributed by atoms with E-state index in [1.807, 2.05) is 24.3 Å². The zero-order chi connectivity index (χ0) is 16.9. The van der Waals surface area contributed by atoms with Crippen LogP contribution in [0.5, 0.6) is 0 Å². The van der Waals surface area contributed by atoms with Crippen LogP contribution in [0.3, 0.4) is 0 Å². The second kappa shape index (κ2) is 7.75. The summed E-state index contributed by atoms with van der Waals surface area (Å²) in [5, 5.41) is 2.86. The fourth-order valence-electron chi connectivity index (χ4n) is 2.58. The lowest BCUT2D eigenvalue weighted by atomic mass is 10.1. The number of ether oxygens (including phenoxy) is 1. The number of benzene rings is 2. The van der Waals surface area contributed by atoms with Crippen molar-refractivity contribution in [2.75, 3.05) is 31.6 Å². The molecule has 0 aliphatic carbocycles. The van der Waals surface area contributed by atoms with Crippen molar-refractivity contribution < 1.29 is 13.9 Å². The monoisotopic (exact) mass is 348 g/mol. The minimum absolute atomic E-state index is 0.0939. The van der Waals surface area contributed by atoms with Gasteiger partial charge in [-0.25, -0.2) is 4.39 Å². The van der Waals surface area contributed by atoms with Crippen molar-refractivity contribution in [3.63, 3.8) is 0 Å². The van der Waals surface area contributed by atoms with E-state index in [2.05, 4.69) is 10.2 Å². The predicted octanol–water partition coefficient (Wildman–Crippen LogP) is 3.56. The maximum atomic E-state index is 13.0. The van der Waals surface area contributed by atoms with Gasteiger partial charge >= 0.3 is 0 Å². The molecular weight excluding hydrogens is 331 g/mol. The number of halogens is 2. The van der Waals surface area contributed by atoms with Crippen molar-refractivity contribution >= 4 is 23.2 Å². The van der Waals surface area contributed by atoms with Crippen molar-refractivity contribution in [2.24, 2.45) is 0 Å². The number of carbonyl (C=O) groups is 1. The molecule has 1 aliphatic rings. The maximum absolute atomic E-state index is 13.0. The molecule has 1 heterocycles. The average Bonchev–Trinajstić information content (AvgIpc) is 2.57. The molecule has 2 aromatic rings. The molecule has 24 heavy (non-hydrogen) atoms. The van der Waals surface area contributed by atoms with Gasteiger partial charge in [-0.3, -0.25) is 9.69 Å². The first kappa shape index (κ1) is 16.9. The Morgan fingerprint density at radius 1 is 1.17 bits per heavy atom. The molecule has 0 saturated carbocycles. The van der Waals surface area contributed by atoms with Crippen LogP contribution in [-0.4, -0.2) is 37.1 Å². The fraction of sp³-hybridized carbons (Fsp3) is 0.278. The Bertz CT molecular complexity index is 715. The molecule has 0 aromatic heterocycles. The Morgan fingerprint density at radius 3 is 2.54 bits per heavy atom. The molecule has 126 valence electrons. The Labute approximate surface area is 145 Å². The van der Waals surface area contributed by atoms with Gasteiger partial charge in [-0.1, -0.05) is 23.7 Å². The summed E-state index contributed by atoms with van der Waals surface area (Å²) in [5.41, 5.74) is 2.09. The fourth-order valence-corrected chi connectivity index (χ4v) is 2.84. The van der Waals surface area contributed by atoms with Crippen LogP contribution < -0.4 is 5.32 Å². The Balaban J connectivity index is 1.62. The topological polar surface area (TPSA) is 41.6 Å². The van der Waals surface area contributed by atoms with Crippen LogP contribution in [0.15, 0.2) is 42.5 Å². The van der Waals surface area contributed by atoms with Crippen LogP contribution in [-0.2, 0) is 11.3 Å². The lowest BCUT2D eigenvalue weighted by molar-refractivity contribution is 0.0342. The van der Waals surface area contributed by atoms with Gasteiger partial charge in [0.25, 0.3) is 5.91 Å². The van der Waals surface area contributed by atoms with Crippen molar-refractivity contribution in [3.05, 3.63) is 64.4 Å². The summed E-state index contributed by atoms with van der Waals surface area (Å²) < 4.78 is 18.4. The van der Waals surface area contributed by atoms with E-state index < -0.39 is 5.82 Å². The van der Waals surface area contributed by atoms with Gasteiger partial charge < -0.3 is 10.1 Å². The van der Waals surface area contributed by atoms with Gasteiger partial charge in [0, 0.05) is 25.3 Å². The van der Waals surface area contributed by atoms with E-state index in [1.54, 1.807) is 0 Å². The number of rotatable bonds is 4. The summed E-state index contributed by atoms with van der Waals surface area (Å²) in [6, 6.07) is 11.4. The predicted molar refractivity (Wildman–Crippen MR) is 91.9 cm³/mol. The lowest BCUT2D eigenvalue weighted by Crippen LogP contribution is -2.35. The molecule has 3 rings (SSSR count). The summed E-state index contributed by atoms with van der Waals surface area (Å²) in [6.07, 6.45) is 0. The maximum Gasteiger partial charge on any atom is 0.257 e. The number of nitrogens with zero attached hydrogens (tertiary/aromatic N) is 1. The van der Waals surface area contributed by atoms with E-state index >= 15 is 0 Å². The summed E-state index contributed by atoms with van der Waals surface area (Å²) in [6.45, 7) is 4.27. The molecule has 0 unspecified atom stereocenters. The van der Waals surface area contributed by atoms with Gasteiger partial charge in [0.2, 0.25) is 0 Å². The van der Waals surface area contributed by atoms with Crippen molar-refractivity contribution in [1.29, 1.82) is 0 Å². The molecule has 6 heteroatoms. The molecule has 1 saturated heterocycles. The largest absolute Gasteiger partial charge is 0.379 e. The van der Waals surface area contributed by atoms with Crippen LogP contribution in [0, 0.1) is 5.82 Å². The molecule has 0 radical (unpaired) electrons. The minimum atomic E-state index is -0.469. The second-order valence-corrected chi connectivity index (χ2v) is 6.07. The van der Waals surface area contributed by atoms with Gasteiger partial charge in [-0.2, -0.15) is 0 Å². The molecule has 0 atom stereocenters. The highest BCUT2D eigenvalue weighted by Gasteiger charge is 2.13. The summed E-state index contributed by atoms with van der Waals surface area (Å²) in [5.74, 6) is -0.829. The molecule has 0 bridgehead atoms. The van der Waals surface area contributed by atoms with Gasteiger partial charge in [0.15, 0.2) is 0 Å². The van der Waals surface area contributed by atoms with Crippen molar-refractivity contribution in [3.8, 4) is 0 Å². The number of hydrogen-bond acceptors (Lipinski definition) is 3. The van der Waals surface area contributed by atoms with Crippen LogP contribution in [0.2, 0.25) is 5.02 Å². The Kier molecular flexibility index (Phi) is 5.45. The zero-order valence-electron chi connectivity index (χ0n) is 13.1. The van der Waals surface area contributed by atoms with E-state index in [0.29, 0.717) is 5.69 Å². The van der Waals surface area contributed by atoms with Crippen molar-refractivity contribution in [1.82, 2.24) is 4.90 Å². The quantitative estimate of drug-likeness (QED) is 0.918. The summed E-state index contributed by atoms with van der Waals surface area (Å²) >= 11 is 5.91. The number of morpholine rings is 1. The first-order valence-corrected chi connectivity index (χ1v) is 8.15. The summed E-state index contributed by atoms with van der Waals surface area (Å²) in [4.78, 5) is 14.5. The van der Waals surface area contributed by atoms with E-state index in [1.165, 1.54) is 17.7 Å². The third kappa shape index (κ3) is 4.32.